The number of carbonyl (C=O) groups excluding carboxylic acids is 1. The van der Waals surface area contributed by atoms with Crippen LogP contribution in [0.15, 0.2) is 12.1 Å². The Labute approximate surface area is 168 Å². The van der Waals surface area contributed by atoms with E-state index in [2.05, 4.69) is 10.6 Å². The second-order valence-electron chi connectivity index (χ2n) is 8.13. The lowest BCUT2D eigenvalue weighted by molar-refractivity contribution is -0.124. The quantitative estimate of drug-likeness (QED) is 0.681. The van der Waals surface area contributed by atoms with Gasteiger partial charge in [0.15, 0.2) is 18.1 Å². The summed E-state index contributed by atoms with van der Waals surface area (Å²) in [6.45, 7) is 8.86. The first-order valence-corrected chi connectivity index (χ1v) is 10.3. The van der Waals surface area contributed by atoms with Gasteiger partial charge in [0.25, 0.3) is 5.91 Å². The number of amides is 1. The summed E-state index contributed by atoms with van der Waals surface area (Å²) in [5, 5.41) is 7.09. The van der Waals surface area contributed by atoms with E-state index in [0.717, 1.165) is 5.56 Å². The SMILES string of the molecule is CCOc1cc(CNC2CCCCC2)c(Cl)cc1OCC(=O)NC(C)(C)C. The highest BCUT2D eigenvalue weighted by atomic mass is 35.5. The first kappa shape index (κ1) is 21.8. The molecule has 1 fully saturated rings. The summed E-state index contributed by atoms with van der Waals surface area (Å²) in [6, 6.07) is 4.22. The van der Waals surface area contributed by atoms with Crippen LogP contribution in [-0.2, 0) is 11.3 Å². The van der Waals surface area contributed by atoms with Crippen molar-refractivity contribution in [3.63, 3.8) is 0 Å². The Balaban J connectivity index is 2.02. The minimum atomic E-state index is -0.296. The number of hydrogen-bond donors (Lipinski definition) is 2. The molecule has 1 aromatic rings. The number of nitrogens with one attached hydrogen (secondary N) is 2. The maximum absolute atomic E-state index is 12.0. The van der Waals surface area contributed by atoms with E-state index in [1.54, 1.807) is 6.07 Å². The van der Waals surface area contributed by atoms with Crippen molar-refractivity contribution in [1.82, 2.24) is 10.6 Å². The number of ether oxygens (including phenoxy) is 2. The van der Waals surface area contributed by atoms with E-state index in [1.807, 2.05) is 33.8 Å². The summed E-state index contributed by atoms with van der Waals surface area (Å²) >= 11 is 6.46. The fraction of sp³-hybridized carbons (Fsp3) is 0.667. The van der Waals surface area contributed by atoms with Crippen LogP contribution in [-0.4, -0.2) is 30.7 Å². The fourth-order valence-corrected chi connectivity index (χ4v) is 3.47. The predicted molar refractivity (Wildman–Crippen MR) is 110 cm³/mol. The summed E-state index contributed by atoms with van der Waals surface area (Å²) in [4.78, 5) is 12.0. The number of benzene rings is 1. The predicted octanol–water partition coefficient (Wildman–Crippen LogP) is 4.45. The molecule has 0 unspecified atom stereocenters. The van der Waals surface area contributed by atoms with Crippen molar-refractivity contribution in [2.75, 3.05) is 13.2 Å². The van der Waals surface area contributed by atoms with Crippen molar-refractivity contribution >= 4 is 17.5 Å². The van der Waals surface area contributed by atoms with Gasteiger partial charge in [-0.2, -0.15) is 0 Å². The molecule has 0 aromatic heterocycles. The topological polar surface area (TPSA) is 59.6 Å². The van der Waals surface area contributed by atoms with Crippen LogP contribution in [0.25, 0.3) is 0 Å². The minimum Gasteiger partial charge on any atom is -0.490 e. The van der Waals surface area contributed by atoms with E-state index in [0.29, 0.717) is 35.7 Å². The van der Waals surface area contributed by atoms with Crippen LogP contribution in [0.1, 0.15) is 65.4 Å². The smallest absolute Gasteiger partial charge is 0.258 e. The summed E-state index contributed by atoms with van der Waals surface area (Å²) in [5.74, 6) is 0.933. The Bertz CT molecular complexity index is 623. The van der Waals surface area contributed by atoms with Crippen molar-refractivity contribution in [1.29, 1.82) is 0 Å². The van der Waals surface area contributed by atoms with Gasteiger partial charge in [-0.3, -0.25) is 4.79 Å². The zero-order valence-electron chi connectivity index (χ0n) is 17.0. The third-order valence-corrected chi connectivity index (χ3v) is 4.82. The van der Waals surface area contributed by atoms with Crippen molar-refractivity contribution in [3.05, 3.63) is 22.7 Å². The molecule has 1 aliphatic carbocycles. The molecule has 0 atom stereocenters. The van der Waals surface area contributed by atoms with Crippen molar-refractivity contribution < 1.29 is 14.3 Å². The molecule has 0 saturated heterocycles. The second kappa shape index (κ2) is 10.2. The molecule has 1 amide bonds. The first-order valence-electron chi connectivity index (χ1n) is 9.91. The summed E-state index contributed by atoms with van der Waals surface area (Å²) in [7, 11) is 0. The van der Waals surface area contributed by atoms with Gasteiger partial charge in [-0.1, -0.05) is 30.9 Å². The van der Waals surface area contributed by atoms with Gasteiger partial charge < -0.3 is 20.1 Å². The molecule has 0 heterocycles. The number of carbonyl (C=O) groups is 1. The van der Waals surface area contributed by atoms with Crippen molar-refractivity contribution in [2.45, 2.75) is 77.9 Å². The zero-order chi connectivity index (χ0) is 19.9. The lowest BCUT2D eigenvalue weighted by atomic mass is 9.95. The summed E-state index contributed by atoms with van der Waals surface area (Å²) in [5.41, 5.74) is 0.687. The molecule has 2 N–H and O–H groups in total. The van der Waals surface area contributed by atoms with E-state index in [9.17, 15) is 4.79 Å². The highest BCUT2D eigenvalue weighted by molar-refractivity contribution is 6.31. The average Bonchev–Trinajstić information content (AvgIpc) is 2.60. The molecule has 152 valence electrons. The van der Waals surface area contributed by atoms with Gasteiger partial charge in [0.05, 0.1) is 6.61 Å². The summed E-state index contributed by atoms with van der Waals surface area (Å²) in [6.07, 6.45) is 6.36. The first-order chi connectivity index (χ1) is 12.8. The van der Waals surface area contributed by atoms with Gasteiger partial charge in [0.2, 0.25) is 0 Å². The van der Waals surface area contributed by atoms with Gasteiger partial charge in [0.1, 0.15) is 0 Å². The Kier molecular flexibility index (Phi) is 8.24. The van der Waals surface area contributed by atoms with E-state index < -0.39 is 0 Å². The molecule has 0 aliphatic heterocycles. The molecule has 0 spiro atoms. The lowest BCUT2D eigenvalue weighted by Crippen LogP contribution is -2.43. The van der Waals surface area contributed by atoms with E-state index >= 15 is 0 Å². The number of rotatable bonds is 8. The molecule has 5 nitrogen and oxygen atoms in total. The maximum atomic E-state index is 12.0. The highest BCUT2D eigenvalue weighted by Gasteiger charge is 2.17. The van der Waals surface area contributed by atoms with E-state index in [-0.39, 0.29) is 18.1 Å². The molecular weight excluding hydrogens is 364 g/mol. The minimum absolute atomic E-state index is 0.0760. The van der Waals surface area contributed by atoms with Gasteiger partial charge in [-0.25, -0.2) is 0 Å². The fourth-order valence-electron chi connectivity index (χ4n) is 3.25. The number of hydrogen-bond acceptors (Lipinski definition) is 4. The zero-order valence-corrected chi connectivity index (χ0v) is 17.7. The molecular formula is C21H33ClN2O3. The standard InChI is InChI=1S/C21H33ClN2O3/c1-5-26-18-11-15(13-23-16-9-7-6-8-10-16)17(22)12-19(18)27-14-20(25)24-21(2,3)4/h11-12,16,23H,5-10,13-14H2,1-4H3,(H,24,25). The van der Waals surface area contributed by atoms with E-state index in [4.69, 9.17) is 21.1 Å². The third-order valence-electron chi connectivity index (χ3n) is 4.47. The van der Waals surface area contributed by atoms with Crippen LogP contribution < -0.4 is 20.1 Å². The van der Waals surface area contributed by atoms with Gasteiger partial charge in [-0.05, 0) is 52.2 Å². The molecule has 1 saturated carbocycles. The van der Waals surface area contributed by atoms with Crippen molar-refractivity contribution in [3.8, 4) is 11.5 Å². The largest absolute Gasteiger partial charge is 0.490 e. The van der Waals surface area contributed by atoms with Crippen LogP contribution >= 0.6 is 11.6 Å². The number of halogens is 1. The van der Waals surface area contributed by atoms with Crippen LogP contribution in [0.4, 0.5) is 0 Å². The van der Waals surface area contributed by atoms with Gasteiger partial charge >= 0.3 is 0 Å². The molecule has 1 aliphatic rings. The van der Waals surface area contributed by atoms with Gasteiger partial charge in [0, 0.05) is 29.2 Å². The molecule has 6 heteroatoms. The van der Waals surface area contributed by atoms with Crippen LogP contribution in [0, 0.1) is 0 Å². The molecule has 2 rings (SSSR count). The average molecular weight is 397 g/mol. The molecule has 1 aromatic carbocycles. The Morgan fingerprint density at radius 2 is 1.81 bits per heavy atom. The Morgan fingerprint density at radius 1 is 1.15 bits per heavy atom. The Hall–Kier alpha value is -1.46. The monoisotopic (exact) mass is 396 g/mol. The van der Waals surface area contributed by atoms with Crippen LogP contribution in [0.2, 0.25) is 5.02 Å². The third kappa shape index (κ3) is 7.59. The Morgan fingerprint density at radius 3 is 2.44 bits per heavy atom. The van der Waals surface area contributed by atoms with E-state index in [1.165, 1.54) is 32.1 Å². The molecule has 0 bridgehead atoms. The molecule has 27 heavy (non-hydrogen) atoms. The highest BCUT2D eigenvalue weighted by Crippen LogP contribution is 2.34. The van der Waals surface area contributed by atoms with Crippen LogP contribution in [0.3, 0.4) is 0 Å². The molecule has 0 radical (unpaired) electrons. The second-order valence-corrected chi connectivity index (χ2v) is 8.53. The van der Waals surface area contributed by atoms with Gasteiger partial charge in [-0.15, -0.1) is 0 Å². The summed E-state index contributed by atoms with van der Waals surface area (Å²) < 4.78 is 11.4. The normalized spacial score (nSPS) is 15.4. The van der Waals surface area contributed by atoms with Crippen LogP contribution in [0.5, 0.6) is 11.5 Å². The lowest BCUT2D eigenvalue weighted by Gasteiger charge is -2.23. The van der Waals surface area contributed by atoms with Crippen molar-refractivity contribution in [2.24, 2.45) is 0 Å². The maximum Gasteiger partial charge on any atom is 0.258 e.